The van der Waals surface area contributed by atoms with Crippen molar-refractivity contribution in [2.75, 3.05) is 13.1 Å². The van der Waals surface area contributed by atoms with Gasteiger partial charge in [-0.05, 0) is 38.3 Å². The first kappa shape index (κ1) is 14.1. The number of nitrogens with zero attached hydrogens (tertiary/aromatic N) is 1. The average Bonchev–Trinajstić information content (AvgIpc) is 2.92. The summed E-state index contributed by atoms with van der Waals surface area (Å²) in [6.45, 7) is 4.57. The van der Waals surface area contributed by atoms with Crippen LogP contribution in [0.2, 0.25) is 0 Å². The summed E-state index contributed by atoms with van der Waals surface area (Å²) in [7, 11) is 0. The Balaban J connectivity index is 1.63. The molecule has 1 aliphatic rings. The molecule has 19 heavy (non-hydrogen) atoms. The highest BCUT2D eigenvalue weighted by atomic mass is 16.4. The molecular weight excluding hydrogens is 242 g/mol. The van der Waals surface area contributed by atoms with Gasteiger partial charge in [0.1, 0.15) is 5.76 Å². The predicted molar refractivity (Wildman–Crippen MR) is 72.6 cm³/mol. The molecule has 1 saturated heterocycles. The third-order valence-electron chi connectivity index (χ3n) is 3.57. The number of hydrogen-bond donors (Lipinski definition) is 2. The SMILES string of the molecule is CCc1cnc(CNC(=O)CCC2CCCNC2)o1. The summed E-state index contributed by atoms with van der Waals surface area (Å²) in [5.74, 6) is 2.18. The maximum Gasteiger partial charge on any atom is 0.220 e. The van der Waals surface area contributed by atoms with Crippen LogP contribution in [0.1, 0.15) is 44.3 Å². The van der Waals surface area contributed by atoms with Crippen molar-refractivity contribution in [3.8, 4) is 0 Å². The molecule has 1 aromatic heterocycles. The van der Waals surface area contributed by atoms with Crippen LogP contribution in [0.3, 0.4) is 0 Å². The second-order valence-electron chi connectivity index (χ2n) is 5.10. The van der Waals surface area contributed by atoms with Gasteiger partial charge in [0.25, 0.3) is 0 Å². The first-order valence-corrected chi connectivity index (χ1v) is 7.19. The van der Waals surface area contributed by atoms with E-state index in [1.807, 2.05) is 6.92 Å². The Morgan fingerprint density at radius 1 is 1.63 bits per heavy atom. The summed E-state index contributed by atoms with van der Waals surface area (Å²) in [5, 5.41) is 6.23. The highest BCUT2D eigenvalue weighted by Gasteiger charge is 2.14. The molecular formula is C14H23N3O2. The zero-order chi connectivity index (χ0) is 13.5. The van der Waals surface area contributed by atoms with Crippen LogP contribution in [0.15, 0.2) is 10.6 Å². The molecule has 5 nitrogen and oxygen atoms in total. The van der Waals surface area contributed by atoms with Crippen molar-refractivity contribution in [3.63, 3.8) is 0 Å². The number of aromatic nitrogens is 1. The van der Waals surface area contributed by atoms with Crippen LogP contribution < -0.4 is 10.6 Å². The van der Waals surface area contributed by atoms with Crippen LogP contribution in [0, 0.1) is 5.92 Å². The van der Waals surface area contributed by atoms with Crippen molar-refractivity contribution in [2.45, 2.75) is 45.6 Å². The number of oxazole rings is 1. The van der Waals surface area contributed by atoms with Gasteiger partial charge in [-0.15, -0.1) is 0 Å². The van der Waals surface area contributed by atoms with E-state index in [1.54, 1.807) is 6.20 Å². The van der Waals surface area contributed by atoms with E-state index in [4.69, 9.17) is 4.42 Å². The minimum Gasteiger partial charge on any atom is -0.444 e. The maximum atomic E-state index is 11.7. The van der Waals surface area contributed by atoms with Crippen LogP contribution in [-0.2, 0) is 17.8 Å². The summed E-state index contributed by atoms with van der Waals surface area (Å²) in [5.41, 5.74) is 0. The van der Waals surface area contributed by atoms with E-state index in [1.165, 1.54) is 12.8 Å². The van der Waals surface area contributed by atoms with Crippen LogP contribution in [0.4, 0.5) is 0 Å². The topological polar surface area (TPSA) is 67.2 Å². The van der Waals surface area contributed by atoms with Crippen LogP contribution in [-0.4, -0.2) is 24.0 Å². The molecule has 1 aromatic rings. The Labute approximate surface area is 114 Å². The lowest BCUT2D eigenvalue weighted by Crippen LogP contribution is -2.31. The van der Waals surface area contributed by atoms with Crippen molar-refractivity contribution < 1.29 is 9.21 Å². The Morgan fingerprint density at radius 3 is 3.21 bits per heavy atom. The lowest BCUT2D eigenvalue weighted by Gasteiger charge is -2.22. The van der Waals surface area contributed by atoms with Gasteiger partial charge in [-0.25, -0.2) is 4.98 Å². The molecule has 0 saturated carbocycles. The van der Waals surface area contributed by atoms with E-state index in [-0.39, 0.29) is 5.91 Å². The monoisotopic (exact) mass is 265 g/mol. The normalized spacial score (nSPS) is 19.3. The van der Waals surface area contributed by atoms with Crippen molar-refractivity contribution in [1.82, 2.24) is 15.6 Å². The summed E-state index contributed by atoms with van der Waals surface area (Å²) in [6.07, 6.45) is 6.56. The summed E-state index contributed by atoms with van der Waals surface area (Å²) >= 11 is 0. The number of aryl methyl sites for hydroxylation is 1. The van der Waals surface area contributed by atoms with Crippen molar-refractivity contribution in [3.05, 3.63) is 17.8 Å². The maximum absolute atomic E-state index is 11.7. The van der Waals surface area contributed by atoms with E-state index in [2.05, 4.69) is 15.6 Å². The third-order valence-corrected chi connectivity index (χ3v) is 3.57. The number of piperidine rings is 1. The zero-order valence-corrected chi connectivity index (χ0v) is 11.6. The molecule has 1 aliphatic heterocycles. The van der Waals surface area contributed by atoms with Gasteiger partial charge in [0.2, 0.25) is 11.8 Å². The molecule has 0 aliphatic carbocycles. The molecule has 2 rings (SSSR count). The molecule has 106 valence electrons. The van der Waals surface area contributed by atoms with E-state index in [0.717, 1.165) is 31.7 Å². The number of nitrogens with one attached hydrogen (secondary N) is 2. The van der Waals surface area contributed by atoms with Gasteiger partial charge in [0.15, 0.2) is 0 Å². The quantitative estimate of drug-likeness (QED) is 0.820. The molecule has 1 atom stereocenters. The summed E-state index contributed by atoms with van der Waals surface area (Å²) in [4.78, 5) is 15.9. The van der Waals surface area contributed by atoms with Gasteiger partial charge >= 0.3 is 0 Å². The largest absolute Gasteiger partial charge is 0.444 e. The lowest BCUT2D eigenvalue weighted by molar-refractivity contribution is -0.121. The molecule has 1 amide bonds. The van der Waals surface area contributed by atoms with Crippen molar-refractivity contribution in [2.24, 2.45) is 5.92 Å². The van der Waals surface area contributed by atoms with Gasteiger partial charge in [-0.2, -0.15) is 0 Å². The van der Waals surface area contributed by atoms with E-state index >= 15 is 0 Å². The van der Waals surface area contributed by atoms with Gasteiger partial charge in [0, 0.05) is 12.8 Å². The Kier molecular flexibility index (Phi) is 5.39. The van der Waals surface area contributed by atoms with Crippen LogP contribution in [0.5, 0.6) is 0 Å². The predicted octanol–water partition coefficient (Wildman–Crippen LogP) is 1.63. The second kappa shape index (κ2) is 7.28. The van der Waals surface area contributed by atoms with Gasteiger partial charge < -0.3 is 15.1 Å². The third kappa shape index (κ3) is 4.67. The van der Waals surface area contributed by atoms with E-state index in [9.17, 15) is 4.79 Å². The fraction of sp³-hybridized carbons (Fsp3) is 0.714. The van der Waals surface area contributed by atoms with Crippen molar-refractivity contribution >= 4 is 5.91 Å². The Hall–Kier alpha value is -1.36. The smallest absolute Gasteiger partial charge is 0.220 e. The number of carbonyl (C=O) groups excluding carboxylic acids is 1. The van der Waals surface area contributed by atoms with Gasteiger partial charge in [-0.3, -0.25) is 4.79 Å². The summed E-state index contributed by atoms with van der Waals surface area (Å²) in [6, 6.07) is 0. The van der Waals surface area contributed by atoms with Gasteiger partial charge in [-0.1, -0.05) is 6.92 Å². The average molecular weight is 265 g/mol. The minimum absolute atomic E-state index is 0.0850. The molecule has 1 unspecified atom stereocenters. The molecule has 2 N–H and O–H groups in total. The number of amides is 1. The highest BCUT2D eigenvalue weighted by molar-refractivity contribution is 5.75. The molecule has 5 heteroatoms. The van der Waals surface area contributed by atoms with E-state index in [0.29, 0.717) is 24.8 Å². The molecule has 1 fully saturated rings. The first-order chi connectivity index (χ1) is 9.28. The standard InChI is InChI=1S/C14H23N3O2/c1-2-12-9-17-14(19-12)10-16-13(18)6-5-11-4-3-7-15-8-11/h9,11,15H,2-8,10H2,1H3,(H,16,18). The van der Waals surface area contributed by atoms with E-state index < -0.39 is 0 Å². The fourth-order valence-corrected chi connectivity index (χ4v) is 2.36. The first-order valence-electron chi connectivity index (χ1n) is 7.19. The summed E-state index contributed by atoms with van der Waals surface area (Å²) < 4.78 is 5.44. The molecule has 0 spiro atoms. The molecule has 2 heterocycles. The Bertz CT molecular complexity index is 397. The second-order valence-corrected chi connectivity index (χ2v) is 5.10. The number of rotatable bonds is 6. The number of carbonyl (C=O) groups is 1. The van der Waals surface area contributed by atoms with Crippen LogP contribution >= 0.6 is 0 Å². The zero-order valence-electron chi connectivity index (χ0n) is 11.6. The fourth-order valence-electron chi connectivity index (χ4n) is 2.36. The molecule has 0 bridgehead atoms. The minimum atomic E-state index is 0.0850. The lowest BCUT2D eigenvalue weighted by atomic mass is 9.94. The Morgan fingerprint density at radius 2 is 2.53 bits per heavy atom. The molecule has 0 aromatic carbocycles. The van der Waals surface area contributed by atoms with Crippen molar-refractivity contribution in [1.29, 1.82) is 0 Å². The molecule has 0 radical (unpaired) electrons. The highest BCUT2D eigenvalue weighted by Crippen LogP contribution is 2.15. The van der Waals surface area contributed by atoms with Crippen LogP contribution in [0.25, 0.3) is 0 Å². The number of hydrogen-bond acceptors (Lipinski definition) is 4. The van der Waals surface area contributed by atoms with Gasteiger partial charge in [0.05, 0.1) is 12.7 Å².